The Hall–Kier alpha value is -2.68. The van der Waals surface area contributed by atoms with Crippen molar-refractivity contribution in [3.8, 4) is 0 Å². The van der Waals surface area contributed by atoms with E-state index >= 15 is 0 Å². The summed E-state index contributed by atoms with van der Waals surface area (Å²) in [6, 6.07) is 17.5. The number of sulfonamides is 1. The number of hydrogen-bond donors (Lipinski definition) is 1. The van der Waals surface area contributed by atoms with E-state index in [0.29, 0.717) is 18.8 Å². The fraction of sp³-hybridized carbons (Fsp3) is 0.444. The second kappa shape index (κ2) is 10.9. The smallest absolute Gasteiger partial charge is 0.267 e. The van der Waals surface area contributed by atoms with Crippen LogP contribution in [-0.2, 0) is 23.0 Å². The Kier molecular flexibility index (Phi) is 7.94. The molecule has 2 heterocycles. The molecule has 35 heavy (non-hydrogen) atoms. The third-order valence-electron chi connectivity index (χ3n) is 6.99. The molecule has 0 atom stereocenters. The molecule has 7 nitrogen and oxygen atoms in total. The van der Waals surface area contributed by atoms with Crippen LogP contribution in [0.3, 0.4) is 0 Å². The highest BCUT2D eigenvalue weighted by atomic mass is 32.2. The van der Waals surface area contributed by atoms with Crippen molar-refractivity contribution in [1.82, 2.24) is 19.1 Å². The molecule has 1 aliphatic heterocycles. The van der Waals surface area contributed by atoms with Crippen molar-refractivity contribution >= 4 is 26.8 Å². The fourth-order valence-electron chi connectivity index (χ4n) is 4.93. The number of carbonyl (C=O) groups is 1. The number of benzene rings is 2. The maximum atomic E-state index is 13.0. The van der Waals surface area contributed by atoms with Crippen molar-refractivity contribution in [3.63, 3.8) is 0 Å². The normalized spacial score (nSPS) is 15.7. The highest BCUT2D eigenvalue weighted by Gasteiger charge is 2.22. The van der Waals surface area contributed by atoms with Gasteiger partial charge in [0.2, 0.25) is 10.0 Å². The van der Waals surface area contributed by atoms with Gasteiger partial charge in [0, 0.05) is 44.6 Å². The molecule has 0 spiro atoms. The number of nitrogens with zero attached hydrogens (tertiary/aromatic N) is 3. The molecular formula is C27H36N4O3S. The van der Waals surface area contributed by atoms with Crippen molar-refractivity contribution < 1.29 is 13.2 Å². The molecule has 0 bridgehead atoms. The molecule has 3 aromatic rings. The molecule has 1 saturated heterocycles. The average molecular weight is 497 g/mol. The Bertz CT molecular complexity index is 1260. The predicted octanol–water partition coefficient (Wildman–Crippen LogP) is 3.60. The minimum atomic E-state index is -3.53. The lowest BCUT2D eigenvalue weighted by Gasteiger charge is -2.32. The van der Waals surface area contributed by atoms with E-state index < -0.39 is 10.0 Å². The van der Waals surface area contributed by atoms with Gasteiger partial charge in [-0.15, -0.1) is 0 Å². The van der Waals surface area contributed by atoms with Crippen molar-refractivity contribution in [2.45, 2.75) is 37.6 Å². The van der Waals surface area contributed by atoms with Crippen LogP contribution in [-0.4, -0.2) is 68.4 Å². The summed E-state index contributed by atoms with van der Waals surface area (Å²) >= 11 is 0. The van der Waals surface area contributed by atoms with Gasteiger partial charge in [-0.05, 0) is 75.0 Å². The van der Waals surface area contributed by atoms with Crippen LogP contribution < -0.4 is 5.32 Å². The molecule has 0 radical (unpaired) electrons. The van der Waals surface area contributed by atoms with Gasteiger partial charge >= 0.3 is 0 Å². The number of rotatable bonds is 9. The number of aromatic nitrogens is 1. The van der Waals surface area contributed by atoms with E-state index in [-0.39, 0.29) is 10.8 Å². The molecule has 1 aromatic heterocycles. The number of piperidine rings is 1. The zero-order chi connectivity index (χ0) is 25.0. The van der Waals surface area contributed by atoms with Gasteiger partial charge in [-0.2, -0.15) is 0 Å². The number of fused-ring (bicyclic) bond motifs is 1. The summed E-state index contributed by atoms with van der Waals surface area (Å²) in [7, 11) is -0.499. The number of likely N-dealkylation sites (tertiary alicyclic amines) is 1. The van der Waals surface area contributed by atoms with Gasteiger partial charge in [-0.3, -0.25) is 4.79 Å². The largest absolute Gasteiger partial charge is 0.349 e. The molecule has 0 unspecified atom stereocenters. The lowest BCUT2D eigenvalue weighted by molar-refractivity contribution is 0.0935. The monoisotopic (exact) mass is 496 g/mol. The number of amides is 1. The van der Waals surface area contributed by atoms with Gasteiger partial charge < -0.3 is 14.8 Å². The predicted molar refractivity (Wildman–Crippen MR) is 140 cm³/mol. The van der Waals surface area contributed by atoms with Crippen LogP contribution >= 0.6 is 0 Å². The molecule has 0 saturated carbocycles. The van der Waals surface area contributed by atoms with Crippen molar-refractivity contribution in [3.05, 3.63) is 65.9 Å². The van der Waals surface area contributed by atoms with Crippen LogP contribution in [0, 0.1) is 5.92 Å². The Morgan fingerprint density at radius 3 is 2.43 bits per heavy atom. The first-order valence-corrected chi connectivity index (χ1v) is 13.8. The zero-order valence-electron chi connectivity index (χ0n) is 20.9. The molecular weight excluding hydrogens is 460 g/mol. The Labute approximate surface area is 208 Å². The van der Waals surface area contributed by atoms with E-state index in [1.54, 1.807) is 24.3 Å². The zero-order valence-corrected chi connectivity index (χ0v) is 21.7. The molecule has 188 valence electrons. The van der Waals surface area contributed by atoms with Crippen LogP contribution in [0.2, 0.25) is 0 Å². The van der Waals surface area contributed by atoms with Crippen LogP contribution in [0.25, 0.3) is 10.9 Å². The Morgan fingerprint density at radius 2 is 1.77 bits per heavy atom. The topological polar surface area (TPSA) is 74.6 Å². The van der Waals surface area contributed by atoms with Crippen LogP contribution in [0.15, 0.2) is 59.5 Å². The first-order chi connectivity index (χ1) is 16.8. The third kappa shape index (κ3) is 5.77. The van der Waals surface area contributed by atoms with E-state index in [2.05, 4.69) is 40.5 Å². The Balaban J connectivity index is 1.33. The third-order valence-corrected chi connectivity index (χ3v) is 8.80. The average Bonchev–Trinajstić information content (AvgIpc) is 3.23. The number of carbonyl (C=O) groups excluding carboxylic acids is 1. The van der Waals surface area contributed by atoms with Crippen molar-refractivity contribution in [2.24, 2.45) is 5.92 Å². The van der Waals surface area contributed by atoms with E-state index in [9.17, 15) is 13.2 Å². The van der Waals surface area contributed by atoms with E-state index in [4.69, 9.17) is 0 Å². The molecule has 1 aliphatic rings. The molecule has 2 aromatic carbocycles. The maximum absolute atomic E-state index is 13.0. The van der Waals surface area contributed by atoms with Crippen LogP contribution in [0.4, 0.5) is 0 Å². The van der Waals surface area contributed by atoms with Crippen LogP contribution in [0.5, 0.6) is 0 Å². The van der Waals surface area contributed by atoms with Gasteiger partial charge in [-0.25, -0.2) is 12.7 Å². The molecule has 1 amide bonds. The van der Waals surface area contributed by atoms with E-state index in [1.165, 1.54) is 36.8 Å². The lowest BCUT2D eigenvalue weighted by Crippen LogP contribution is -2.40. The number of aryl methyl sites for hydroxylation is 1. The molecule has 8 heteroatoms. The highest BCUT2D eigenvalue weighted by molar-refractivity contribution is 7.89. The Morgan fingerprint density at radius 1 is 1.06 bits per heavy atom. The summed E-state index contributed by atoms with van der Waals surface area (Å²) in [5.74, 6) is 0.601. The standard InChI is InChI=1S/C27H36N4O3S/c1-4-31-25-11-10-24(35(33,34)29(2)3)19-23(25)20-26(31)27(32)28-14-17-30-15-12-22(13-16-30)18-21-8-6-5-7-9-21/h5-11,19-20,22H,4,12-18H2,1-3H3,(H,28,32). The summed E-state index contributed by atoms with van der Waals surface area (Å²) in [4.78, 5) is 15.7. The van der Waals surface area contributed by atoms with Crippen molar-refractivity contribution in [1.29, 1.82) is 0 Å². The summed E-state index contributed by atoms with van der Waals surface area (Å²) in [6.45, 7) is 6.16. The summed E-state index contributed by atoms with van der Waals surface area (Å²) in [5.41, 5.74) is 2.83. The van der Waals surface area contributed by atoms with Gasteiger partial charge in [0.15, 0.2) is 0 Å². The summed E-state index contributed by atoms with van der Waals surface area (Å²) in [6.07, 6.45) is 3.51. The minimum absolute atomic E-state index is 0.126. The van der Waals surface area contributed by atoms with Gasteiger partial charge in [0.25, 0.3) is 5.91 Å². The molecule has 1 N–H and O–H groups in total. The van der Waals surface area contributed by atoms with Gasteiger partial charge in [0.05, 0.1) is 4.90 Å². The minimum Gasteiger partial charge on any atom is -0.349 e. The quantitative estimate of drug-likeness (QED) is 0.491. The first-order valence-electron chi connectivity index (χ1n) is 12.4. The molecule has 0 aliphatic carbocycles. The maximum Gasteiger partial charge on any atom is 0.267 e. The first kappa shape index (κ1) is 25.4. The second-order valence-corrected chi connectivity index (χ2v) is 11.7. The van der Waals surface area contributed by atoms with Crippen LogP contribution in [0.1, 0.15) is 35.8 Å². The van der Waals surface area contributed by atoms with Crippen molar-refractivity contribution in [2.75, 3.05) is 40.3 Å². The summed E-state index contributed by atoms with van der Waals surface area (Å²) in [5, 5.41) is 3.82. The second-order valence-electron chi connectivity index (χ2n) is 9.51. The van der Waals surface area contributed by atoms with E-state index in [0.717, 1.165) is 42.9 Å². The fourth-order valence-corrected chi connectivity index (χ4v) is 5.87. The lowest BCUT2D eigenvalue weighted by atomic mass is 9.90. The SMILES string of the molecule is CCn1c(C(=O)NCCN2CCC(Cc3ccccc3)CC2)cc2cc(S(=O)(=O)N(C)C)ccc21. The van der Waals surface area contributed by atoms with Gasteiger partial charge in [0.1, 0.15) is 5.69 Å². The van der Waals surface area contributed by atoms with Gasteiger partial charge in [-0.1, -0.05) is 30.3 Å². The highest BCUT2D eigenvalue weighted by Crippen LogP contribution is 2.25. The number of hydrogen-bond acceptors (Lipinski definition) is 4. The summed E-state index contributed by atoms with van der Waals surface area (Å²) < 4.78 is 28.2. The number of nitrogens with one attached hydrogen (secondary N) is 1. The van der Waals surface area contributed by atoms with E-state index in [1.807, 2.05) is 11.5 Å². The molecule has 1 fully saturated rings. The molecule has 4 rings (SSSR count).